The summed E-state index contributed by atoms with van der Waals surface area (Å²) in [5, 5.41) is 8.62. The number of rotatable bonds is 19. The largest absolute Gasteiger partial charge is 0.379 e. The van der Waals surface area contributed by atoms with E-state index in [1.54, 1.807) is 20.4 Å². The molecule has 4 rings (SSSR count). The van der Waals surface area contributed by atoms with Gasteiger partial charge in [0.1, 0.15) is 5.01 Å². The van der Waals surface area contributed by atoms with E-state index < -0.39 is 35.6 Å². The predicted octanol–water partition coefficient (Wildman–Crippen LogP) is 4.88. The van der Waals surface area contributed by atoms with Crippen molar-refractivity contribution in [3.05, 3.63) is 52.5 Å². The first-order valence-corrected chi connectivity index (χ1v) is 20.6. The molecular formula is C41H64N6O6S. The van der Waals surface area contributed by atoms with Crippen molar-refractivity contribution in [1.82, 2.24) is 25.4 Å². The number of hydrogen-bond donors (Lipinski definition) is 3. The number of imide groups is 1. The molecule has 2 heterocycles. The van der Waals surface area contributed by atoms with Gasteiger partial charge in [0.25, 0.3) is 0 Å². The SMILES string of the molecule is CC[C@H](C)[C@@H]([C@@H](CC(=O)N1CCC[C@H]1[C@H](OC)[C@@H](C)C(=O)N[C@@H](Cc1ccccc1)c1nccs1)OC)N(C)[C@H](C(=O)NC(=O)C1(N)CCCC1)C(C)C. The zero-order valence-corrected chi connectivity index (χ0v) is 34.4. The number of ether oxygens (including phenoxy) is 2. The Kier molecular flexibility index (Phi) is 16.2. The van der Waals surface area contributed by atoms with Gasteiger partial charge in [-0.2, -0.15) is 0 Å². The second-order valence-corrected chi connectivity index (χ2v) is 16.7. The van der Waals surface area contributed by atoms with E-state index in [2.05, 4.69) is 29.5 Å². The molecule has 54 heavy (non-hydrogen) atoms. The molecule has 4 amide bonds. The maximum atomic E-state index is 14.3. The molecule has 2 fully saturated rings. The Hall–Kier alpha value is -3.23. The molecule has 1 aromatic heterocycles. The molecule has 12 nitrogen and oxygen atoms in total. The monoisotopic (exact) mass is 768 g/mol. The molecule has 1 aromatic carbocycles. The van der Waals surface area contributed by atoms with Gasteiger partial charge in [-0.05, 0) is 56.6 Å². The fourth-order valence-corrected chi connectivity index (χ4v) is 9.33. The van der Waals surface area contributed by atoms with E-state index in [1.807, 2.05) is 73.3 Å². The summed E-state index contributed by atoms with van der Waals surface area (Å²) in [5.41, 5.74) is 6.46. The third-order valence-electron chi connectivity index (χ3n) is 11.8. The lowest BCUT2D eigenvalue weighted by atomic mass is 9.87. The molecule has 13 heteroatoms. The minimum atomic E-state index is -1.02. The van der Waals surface area contributed by atoms with Gasteiger partial charge in [-0.1, -0.05) is 84.2 Å². The average Bonchev–Trinajstić information content (AvgIpc) is 3.95. The third-order valence-corrected chi connectivity index (χ3v) is 12.7. The first-order chi connectivity index (χ1) is 25.8. The molecule has 0 spiro atoms. The minimum Gasteiger partial charge on any atom is -0.379 e. The van der Waals surface area contributed by atoms with Gasteiger partial charge in [0.15, 0.2) is 0 Å². The normalized spacial score (nSPS) is 20.9. The quantitative estimate of drug-likeness (QED) is 0.182. The topological polar surface area (TPSA) is 156 Å². The van der Waals surface area contributed by atoms with Crippen LogP contribution < -0.4 is 16.4 Å². The van der Waals surface area contributed by atoms with Crippen molar-refractivity contribution in [2.75, 3.05) is 27.8 Å². The van der Waals surface area contributed by atoms with Crippen LogP contribution in [0.5, 0.6) is 0 Å². The van der Waals surface area contributed by atoms with Gasteiger partial charge in [-0.15, -0.1) is 11.3 Å². The molecule has 2 aliphatic rings. The van der Waals surface area contributed by atoms with Gasteiger partial charge in [-0.3, -0.25) is 29.4 Å². The number of nitrogens with one attached hydrogen (secondary N) is 2. The Morgan fingerprint density at radius 2 is 1.72 bits per heavy atom. The van der Waals surface area contributed by atoms with Gasteiger partial charge in [-0.25, -0.2) is 4.98 Å². The number of benzene rings is 1. The number of methoxy groups -OCH3 is 2. The highest BCUT2D eigenvalue weighted by Crippen LogP contribution is 2.32. The summed E-state index contributed by atoms with van der Waals surface area (Å²) in [6.07, 6.45) is 6.50. The van der Waals surface area contributed by atoms with Crippen molar-refractivity contribution < 1.29 is 28.7 Å². The number of likely N-dealkylation sites (tertiary alicyclic amines) is 1. The Labute approximate surface area is 326 Å². The third kappa shape index (κ3) is 10.5. The van der Waals surface area contributed by atoms with E-state index in [1.165, 1.54) is 11.3 Å². The van der Waals surface area contributed by atoms with Crippen molar-refractivity contribution in [3.8, 4) is 0 Å². The summed E-state index contributed by atoms with van der Waals surface area (Å²) < 4.78 is 12.1. The van der Waals surface area contributed by atoms with Crippen LogP contribution in [0.25, 0.3) is 0 Å². The van der Waals surface area contributed by atoms with E-state index in [0.717, 1.165) is 36.3 Å². The number of thiazole rings is 1. The van der Waals surface area contributed by atoms with E-state index in [9.17, 15) is 19.2 Å². The van der Waals surface area contributed by atoms with Gasteiger partial charge < -0.3 is 25.4 Å². The molecule has 1 aliphatic heterocycles. The summed E-state index contributed by atoms with van der Waals surface area (Å²) >= 11 is 1.51. The Bertz CT molecular complexity index is 1500. The van der Waals surface area contributed by atoms with Crippen LogP contribution in [-0.4, -0.2) is 102 Å². The molecule has 0 unspecified atom stereocenters. The van der Waals surface area contributed by atoms with Crippen LogP contribution in [0.15, 0.2) is 41.9 Å². The summed E-state index contributed by atoms with van der Waals surface area (Å²) in [4.78, 5) is 63.5. The summed E-state index contributed by atoms with van der Waals surface area (Å²) in [6, 6.07) is 8.45. The lowest BCUT2D eigenvalue weighted by molar-refractivity contribution is -0.144. The Morgan fingerprint density at radius 3 is 2.30 bits per heavy atom. The van der Waals surface area contributed by atoms with Gasteiger partial charge in [0.05, 0.1) is 48.2 Å². The van der Waals surface area contributed by atoms with Crippen LogP contribution in [-0.2, 0) is 35.1 Å². The van der Waals surface area contributed by atoms with E-state index in [-0.39, 0.29) is 54.1 Å². The fraction of sp³-hybridized carbons (Fsp3) is 0.683. The highest BCUT2D eigenvalue weighted by molar-refractivity contribution is 7.09. The molecular weight excluding hydrogens is 705 g/mol. The number of likely N-dealkylation sites (N-methyl/N-ethyl adjacent to an activating group) is 1. The minimum absolute atomic E-state index is 0.0552. The number of aromatic nitrogens is 1. The summed E-state index contributed by atoms with van der Waals surface area (Å²) in [6.45, 7) is 10.5. The standard InChI is InChI=1S/C41H64N6O6S/c1-9-27(4)35(46(6)34(26(2)3)38(50)45-40(51)41(42)19-13-14-20-41)32(52-7)25-33(48)47-22-15-18-31(47)36(53-8)28(5)37(49)44-30(39-43-21-23-54-39)24-29-16-11-10-12-17-29/h10-12,16-17,21,23,26-28,30-32,34-36H,9,13-15,18-20,22,24-25,42H2,1-8H3,(H,44,49)(H,45,50,51)/t27-,28+,30-,31-,32+,34-,35-,36+/m0/s1. The van der Waals surface area contributed by atoms with Crippen molar-refractivity contribution in [2.24, 2.45) is 23.5 Å². The lowest BCUT2D eigenvalue weighted by Crippen LogP contribution is -2.61. The zero-order chi connectivity index (χ0) is 39.6. The van der Waals surface area contributed by atoms with Crippen LogP contribution in [0.1, 0.15) is 103 Å². The van der Waals surface area contributed by atoms with Crippen molar-refractivity contribution in [1.29, 1.82) is 0 Å². The molecule has 0 bridgehead atoms. The molecule has 4 N–H and O–H groups in total. The van der Waals surface area contributed by atoms with Crippen molar-refractivity contribution in [2.45, 2.75) is 134 Å². The maximum Gasteiger partial charge on any atom is 0.246 e. The number of nitrogens with two attached hydrogens (primary N) is 1. The van der Waals surface area contributed by atoms with Gasteiger partial charge >= 0.3 is 0 Å². The van der Waals surface area contributed by atoms with Crippen LogP contribution >= 0.6 is 11.3 Å². The maximum absolute atomic E-state index is 14.3. The molecule has 300 valence electrons. The van der Waals surface area contributed by atoms with Crippen LogP contribution in [0.4, 0.5) is 0 Å². The van der Waals surface area contributed by atoms with E-state index >= 15 is 0 Å². The smallest absolute Gasteiger partial charge is 0.246 e. The van der Waals surface area contributed by atoms with Crippen molar-refractivity contribution in [3.63, 3.8) is 0 Å². The molecule has 0 radical (unpaired) electrons. The lowest BCUT2D eigenvalue weighted by Gasteiger charge is -2.43. The number of nitrogens with zero attached hydrogens (tertiary/aromatic N) is 3. The molecule has 1 saturated carbocycles. The molecule has 1 aliphatic carbocycles. The number of carbonyl (C=O) groups excluding carboxylic acids is 4. The first kappa shape index (κ1) is 43.5. The Morgan fingerprint density at radius 1 is 1.04 bits per heavy atom. The van der Waals surface area contributed by atoms with Gasteiger partial charge in [0, 0.05) is 38.4 Å². The van der Waals surface area contributed by atoms with Gasteiger partial charge in [0.2, 0.25) is 23.6 Å². The number of amides is 4. The summed E-state index contributed by atoms with van der Waals surface area (Å²) in [5.74, 6) is -1.69. The van der Waals surface area contributed by atoms with E-state index in [0.29, 0.717) is 32.2 Å². The van der Waals surface area contributed by atoms with Crippen LogP contribution in [0, 0.1) is 17.8 Å². The second kappa shape index (κ2) is 20.1. The fourth-order valence-electron chi connectivity index (χ4n) is 8.64. The van der Waals surface area contributed by atoms with Crippen LogP contribution in [0.3, 0.4) is 0 Å². The second-order valence-electron chi connectivity index (χ2n) is 15.8. The van der Waals surface area contributed by atoms with Crippen LogP contribution in [0.2, 0.25) is 0 Å². The highest BCUT2D eigenvalue weighted by atomic mass is 32.1. The first-order valence-electron chi connectivity index (χ1n) is 19.7. The predicted molar refractivity (Wildman–Crippen MR) is 211 cm³/mol. The van der Waals surface area contributed by atoms with E-state index in [4.69, 9.17) is 15.2 Å². The molecule has 1 saturated heterocycles. The molecule has 8 atom stereocenters. The van der Waals surface area contributed by atoms with Crippen molar-refractivity contribution >= 4 is 35.0 Å². The zero-order valence-electron chi connectivity index (χ0n) is 33.6. The average molecular weight is 769 g/mol. The summed E-state index contributed by atoms with van der Waals surface area (Å²) in [7, 11) is 5.09. The number of hydrogen-bond acceptors (Lipinski definition) is 10. The molecule has 2 aromatic rings. The number of carbonyl (C=O) groups is 4. The Balaban J connectivity index is 1.48. The highest BCUT2D eigenvalue weighted by Gasteiger charge is 2.44.